The van der Waals surface area contributed by atoms with E-state index in [1.807, 2.05) is 0 Å². The van der Waals surface area contributed by atoms with E-state index in [2.05, 4.69) is 84.9 Å². The lowest BCUT2D eigenvalue weighted by atomic mass is 9.80. The van der Waals surface area contributed by atoms with E-state index in [1.165, 1.54) is 60.5 Å². The minimum atomic E-state index is 1.04. The van der Waals surface area contributed by atoms with Gasteiger partial charge in [0.1, 0.15) is 0 Å². The van der Waals surface area contributed by atoms with E-state index in [4.69, 9.17) is 0 Å². The quantitative estimate of drug-likeness (QED) is 0.269. The first kappa shape index (κ1) is 15.5. The molecule has 5 aromatic rings. The lowest BCUT2D eigenvalue weighted by molar-refractivity contribution is 1.01. The van der Waals surface area contributed by atoms with Crippen molar-refractivity contribution in [3.63, 3.8) is 0 Å². The Kier molecular flexibility index (Phi) is 2.99. The van der Waals surface area contributed by atoms with Crippen LogP contribution in [0.4, 0.5) is 0 Å². The van der Waals surface area contributed by atoms with Crippen molar-refractivity contribution >= 4 is 21.5 Å². The molecule has 0 atom stereocenters. The summed E-state index contributed by atoms with van der Waals surface area (Å²) in [6.07, 6.45) is 3.15. The van der Waals surface area contributed by atoms with Gasteiger partial charge in [-0.2, -0.15) is 0 Å². The molecule has 0 heterocycles. The fraction of sp³-hybridized carbons (Fsp3) is 0.103. The van der Waals surface area contributed by atoms with Gasteiger partial charge in [0.25, 0.3) is 0 Å². The van der Waals surface area contributed by atoms with Crippen molar-refractivity contribution in [2.24, 2.45) is 0 Å². The van der Waals surface area contributed by atoms with Gasteiger partial charge in [-0.3, -0.25) is 0 Å². The summed E-state index contributed by atoms with van der Waals surface area (Å²) in [5.41, 5.74) is 12.1. The molecule has 0 saturated heterocycles. The first-order valence-corrected chi connectivity index (χ1v) is 10.5. The molecule has 2 aliphatic rings. The summed E-state index contributed by atoms with van der Waals surface area (Å²) in [6, 6.07) is 31.7. The summed E-state index contributed by atoms with van der Waals surface area (Å²) in [7, 11) is 0. The zero-order chi connectivity index (χ0) is 18.9. The maximum atomic E-state index is 2.39. The zero-order valence-corrected chi connectivity index (χ0v) is 16.2. The van der Waals surface area contributed by atoms with Gasteiger partial charge in [-0.25, -0.2) is 0 Å². The SMILES string of the molecule is c1ccc2c3c(ccc2c1)Cc1ccc2c(c1C3)-c1ccc3ccccc3c1C2. The van der Waals surface area contributed by atoms with Gasteiger partial charge < -0.3 is 0 Å². The van der Waals surface area contributed by atoms with Crippen molar-refractivity contribution in [2.75, 3.05) is 0 Å². The average molecular weight is 368 g/mol. The molecule has 0 unspecified atom stereocenters. The molecule has 2 aliphatic carbocycles. The molecule has 0 radical (unpaired) electrons. The zero-order valence-electron chi connectivity index (χ0n) is 16.2. The highest BCUT2D eigenvalue weighted by atomic mass is 14.3. The van der Waals surface area contributed by atoms with E-state index in [0.29, 0.717) is 0 Å². The molecular formula is C29H20. The highest BCUT2D eigenvalue weighted by molar-refractivity contribution is 5.97. The van der Waals surface area contributed by atoms with Crippen LogP contribution < -0.4 is 0 Å². The maximum absolute atomic E-state index is 2.39. The summed E-state index contributed by atoms with van der Waals surface area (Å²) in [5, 5.41) is 5.54. The molecule has 5 aromatic carbocycles. The van der Waals surface area contributed by atoms with Crippen LogP contribution in [-0.4, -0.2) is 0 Å². The molecule has 0 aliphatic heterocycles. The van der Waals surface area contributed by atoms with Crippen LogP contribution in [0.25, 0.3) is 32.7 Å². The predicted octanol–water partition coefficient (Wildman–Crippen LogP) is 7.06. The van der Waals surface area contributed by atoms with Crippen LogP contribution in [0.1, 0.15) is 33.4 Å². The van der Waals surface area contributed by atoms with Crippen LogP contribution >= 0.6 is 0 Å². The highest BCUT2D eigenvalue weighted by Gasteiger charge is 2.27. The molecule has 0 amide bonds. The van der Waals surface area contributed by atoms with E-state index < -0.39 is 0 Å². The molecular weight excluding hydrogens is 348 g/mol. The van der Waals surface area contributed by atoms with Gasteiger partial charge in [0.15, 0.2) is 0 Å². The molecule has 7 rings (SSSR count). The van der Waals surface area contributed by atoms with E-state index in [9.17, 15) is 0 Å². The van der Waals surface area contributed by atoms with Gasteiger partial charge in [-0.05, 0) is 85.3 Å². The molecule has 0 saturated carbocycles. The summed E-state index contributed by atoms with van der Waals surface area (Å²) in [6.45, 7) is 0. The van der Waals surface area contributed by atoms with Gasteiger partial charge in [-0.1, -0.05) is 84.9 Å². The van der Waals surface area contributed by atoms with Gasteiger partial charge in [0.05, 0.1) is 0 Å². The molecule has 136 valence electrons. The number of benzene rings is 5. The molecule has 0 heteroatoms. The topological polar surface area (TPSA) is 0 Å². The molecule has 29 heavy (non-hydrogen) atoms. The van der Waals surface area contributed by atoms with Crippen molar-refractivity contribution in [3.05, 3.63) is 118 Å². The van der Waals surface area contributed by atoms with Crippen molar-refractivity contribution in [3.8, 4) is 11.1 Å². The number of hydrogen-bond donors (Lipinski definition) is 0. The lowest BCUT2D eigenvalue weighted by Gasteiger charge is -2.24. The third-order valence-corrected chi connectivity index (χ3v) is 7.05. The number of rotatable bonds is 0. The van der Waals surface area contributed by atoms with E-state index in [-0.39, 0.29) is 0 Å². The standard InChI is InChI=1S/C29H20/c1-3-7-23-18(5-1)9-10-20-15-21-11-12-22-16-28-24-8-4-2-6-19(24)13-14-25(28)29(22)27(21)17-26(20)23/h1-14H,15-17H2. The molecule has 0 bridgehead atoms. The third kappa shape index (κ3) is 2.09. The van der Waals surface area contributed by atoms with Crippen LogP contribution in [0.5, 0.6) is 0 Å². The monoisotopic (exact) mass is 368 g/mol. The van der Waals surface area contributed by atoms with Crippen molar-refractivity contribution in [2.45, 2.75) is 19.3 Å². The minimum Gasteiger partial charge on any atom is -0.0616 e. The minimum absolute atomic E-state index is 1.04. The lowest BCUT2D eigenvalue weighted by Crippen LogP contribution is -2.09. The molecule has 0 spiro atoms. The Morgan fingerprint density at radius 1 is 0.414 bits per heavy atom. The van der Waals surface area contributed by atoms with E-state index in [1.54, 1.807) is 5.56 Å². The van der Waals surface area contributed by atoms with Gasteiger partial charge in [0.2, 0.25) is 0 Å². The Morgan fingerprint density at radius 3 is 1.86 bits per heavy atom. The Hall–Kier alpha value is -3.38. The molecule has 0 N–H and O–H groups in total. The maximum Gasteiger partial charge on any atom is -0.000718 e. The summed E-state index contributed by atoms with van der Waals surface area (Å²) in [5.74, 6) is 0. The summed E-state index contributed by atoms with van der Waals surface area (Å²) in [4.78, 5) is 0. The second-order valence-electron chi connectivity index (χ2n) is 8.50. The highest BCUT2D eigenvalue weighted by Crippen LogP contribution is 2.46. The van der Waals surface area contributed by atoms with E-state index in [0.717, 1.165) is 19.3 Å². The smallest absolute Gasteiger partial charge is 0.000718 e. The van der Waals surface area contributed by atoms with Gasteiger partial charge in [-0.15, -0.1) is 0 Å². The molecule has 0 nitrogen and oxygen atoms in total. The Morgan fingerprint density at radius 2 is 1.03 bits per heavy atom. The Balaban J connectivity index is 1.48. The van der Waals surface area contributed by atoms with Gasteiger partial charge in [0, 0.05) is 0 Å². The number of fused-ring (bicyclic) bond motifs is 10. The van der Waals surface area contributed by atoms with Crippen molar-refractivity contribution in [1.29, 1.82) is 0 Å². The van der Waals surface area contributed by atoms with Gasteiger partial charge >= 0.3 is 0 Å². The summed E-state index contributed by atoms with van der Waals surface area (Å²) < 4.78 is 0. The van der Waals surface area contributed by atoms with Crippen LogP contribution in [0.3, 0.4) is 0 Å². The molecule has 0 aromatic heterocycles. The predicted molar refractivity (Wildman–Crippen MR) is 122 cm³/mol. The van der Waals surface area contributed by atoms with Crippen LogP contribution in [0.2, 0.25) is 0 Å². The van der Waals surface area contributed by atoms with Crippen molar-refractivity contribution < 1.29 is 0 Å². The van der Waals surface area contributed by atoms with Crippen molar-refractivity contribution in [1.82, 2.24) is 0 Å². The first-order chi connectivity index (χ1) is 14.4. The fourth-order valence-electron chi connectivity index (χ4n) is 5.68. The number of hydrogen-bond acceptors (Lipinski definition) is 0. The van der Waals surface area contributed by atoms with E-state index >= 15 is 0 Å². The Bertz CT molecular complexity index is 1470. The average Bonchev–Trinajstić information content (AvgIpc) is 3.17. The molecule has 0 fully saturated rings. The first-order valence-electron chi connectivity index (χ1n) is 10.5. The third-order valence-electron chi connectivity index (χ3n) is 7.05. The normalized spacial score (nSPS) is 13.8. The Labute approximate surface area is 170 Å². The van der Waals surface area contributed by atoms with Crippen LogP contribution in [-0.2, 0) is 19.3 Å². The second-order valence-corrected chi connectivity index (χ2v) is 8.50. The van der Waals surface area contributed by atoms with Crippen LogP contribution in [0.15, 0.2) is 84.9 Å². The second kappa shape index (κ2) is 5.58. The largest absolute Gasteiger partial charge is 0.0616 e. The summed E-state index contributed by atoms with van der Waals surface area (Å²) >= 11 is 0. The van der Waals surface area contributed by atoms with Crippen LogP contribution in [0, 0.1) is 0 Å². The fourth-order valence-corrected chi connectivity index (χ4v) is 5.68.